The molecule has 1 aliphatic heterocycles. The number of likely N-dealkylation sites (tertiary alicyclic amines) is 1. The minimum Gasteiger partial charge on any atom is -0.496 e. The normalized spacial score (nSPS) is 22.7. The summed E-state index contributed by atoms with van der Waals surface area (Å²) in [6.07, 6.45) is 1.30. The Hall–Kier alpha value is -1.75. The summed E-state index contributed by atoms with van der Waals surface area (Å²) in [5.74, 6) is 2.27. The average Bonchev–Trinajstić information content (AvgIpc) is 2.52. The van der Waals surface area contributed by atoms with Crippen LogP contribution >= 0.6 is 0 Å². The lowest BCUT2D eigenvalue weighted by atomic mass is 9.92. The number of benzene rings is 1. The van der Waals surface area contributed by atoms with E-state index in [4.69, 9.17) is 4.74 Å². The minimum absolute atomic E-state index is 0.125. The fourth-order valence-electron chi connectivity index (χ4n) is 3.67. The van der Waals surface area contributed by atoms with Gasteiger partial charge < -0.3 is 20.3 Å². The molecular weight excluding hydrogens is 302 g/mol. The van der Waals surface area contributed by atoms with E-state index in [2.05, 4.69) is 36.3 Å². The molecule has 0 aromatic heterocycles. The molecule has 1 fully saturated rings. The highest BCUT2D eigenvalue weighted by Gasteiger charge is 2.23. The van der Waals surface area contributed by atoms with Gasteiger partial charge in [0, 0.05) is 37.8 Å². The Morgan fingerprint density at radius 3 is 2.62 bits per heavy atom. The van der Waals surface area contributed by atoms with Gasteiger partial charge in [0.2, 0.25) is 0 Å². The largest absolute Gasteiger partial charge is 0.496 e. The maximum absolute atomic E-state index is 12.1. The summed E-state index contributed by atoms with van der Waals surface area (Å²) in [4.78, 5) is 14.6. The minimum atomic E-state index is -0.133. The number of piperidine rings is 1. The molecule has 1 saturated heterocycles. The average molecular weight is 333 g/mol. The van der Waals surface area contributed by atoms with Crippen LogP contribution in [0.3, 0.4) is 0 Å². The first kappa shape index (κ1) is 18.6. The van der Waals surface area contributed by atoms with Crippen molar-refractivity contribution in [3.8, 4) is 5.75 Å². The Balaban J connectivity index is 1.75. The molecule has 5 heteroatoms. The molecule has 0 bridgehead atoms. The molecule has 2 amide bonds. The van der Waals surface area contributed by atoms with E-state index in [1.165, 1.54) is 6.42 Å². The van der Waals surface area contributed by atoms with Crippen LogP contribution in [0.4, 0.5) is 4.79 Å². The van der Waals surface area contributed by atoms with Gasteiger partial charge in [0.25, 0.3) is 0 Å². The number of nitrogens with zero attached hydrogens (tertiary/aromatic N) is 1. The Bertz CT molecular complexity index is 525. The third kappa shape index (κ3) is 5.71. The van der Waals surface area contributed by atoms with Gasteiger partial charge in [-0.15, -0.1) is 0 Å². The van der Waals surface area contributed by atoms with E-state index in [0.29, 0.717) is 6.54 Å². The first-order valence-electron chi connectivity index (χ1n) is 8.86. The van der Waals surface area contributed by atoms with Gasteiger partial charge in [-0.05, 0) is 31.2 Å². The van der Waals surface area contributed by atoms with Crippen molar-refractivity contribution >= 4 is 6.03 Å². The van der Waals surface area contributed by atoms with E-state index in [-0.39, 0.29) is 12.1 Å². The molecule has 0 aliphatic carbocycles. The van der Waals surface area contributed by atoms with Crippen molar-refractivity contribution in [1.29, 1.82) is 0 Å². The second-order valence-electron chi connectivity index (χ2n) is 7.20. The lowest BCUT2D eigenvalue weighted by molar-refractivity contribution is 0.131. The van der Waals surface area contributed by atoms with Crippen LogP contribution in [0.5, 0.6) is 5.75 Å². The number of methoxy groups -OCH3 is 1. The maximum Gasteiger partial charge on any atom is 0.315 e. The molecule has 2 rings (SSSR count). The standard InChI is InChI=1S/C19H31N3O2/c1-14-9-15(2)12-22(11-14)13-16(3)21-19(23)20-10-17-7-5-6-8-18(17)24-4/h5-8,14-16H,9-13H2,1-4H3,(H2,20,21,23)/t14-,15+,16-/m0/s1. The van der Waals surface area contributed by atoms with Crippen LogP contribution in [0, 0.1) is 11.8 Å². The third-order valence-electron chi connectivity index (χ3n) is 4.49. The van der Waals surface area contributed by atoms with E-state index in [1.807, 2.05) is 24.3 Å². The molecule has 24 heavy (non-hydrogen) atoms. The zero-order valence-electron chi connectivity index (χ0n) is 15.3. The quantitative estimate of drug-likeness (QED) is 0.842. The fraction of sp³-hybridized carbons (Fsp3) is 0.632. The molecule has 134 valence electrons. The summed E-state index contributed by atoms with van der Waals surface area (Å²) in [5, 5.41) is 5.94. The zero-order valence-corrected chi connectivity index (χ0v) is 15.3. The van der Waals surface area contributed by atoms with Crippen molar-refractivity contribution in [3.05, 3.63) is 29.8 Å². The van der Waals surface area contributed by atoms with Gasteiger partial charge in [-0.1, -0.05) is 32.0 Å². The van der Waals surface area contributed by atoms with Crippen molar-refractivity contribution in [1.82, 2.24) is 15.5 Å². The Labute approximate surface area is 145 Å². The summed E-state index contributed by atoms with van der Waals surface area (Å²) in [5.41, 5.74) is 0.974. The van der Waals surface area contributed by atoms with E-state index in [0.717, 1.165) is 42.8 Å². The van der Waals surface area contributed by atoms with Crippen LogP contribution in [0.15, 0.2) is 24.3 Å². The summed E-state index contributed by atoms with van der Waals surface area (Å²) in [6, 6.07) is 7.71. The van der Waals surface area contributed by atoms with Gasteiger partial charge in [0.05, 0.1) is 7.11 Å². The first-order chi connectivity index (χ1) is 11.5. The van der Waals surface area contributed by atoms with Crippen LogP contribution in [-0.4, -0.2) is 43.7 Å². The summed E-state index contributed by atoms with van der Waals surface area (Å²) in [7, 11) is 1.64. The topological polar surface area (TPSA) is 53.6 Å². The number of hydrogen-bond acceptors (Lipinski definition) is 3. The molecule has 0 radical (unpaired) electrons. The number of ether oxygens (including phenoxy) is 1. The fourth-order valence-corrected chi connectivity index (χ4v) is 3.67. The number of urea groups is 1. The number of carbonyl (C=O) groups excluding carboxylic acids is 1. The monoisotopic (exact) mass is 333 g/mol. The third-order valence-corrected chi connectivity index (χ3v) is 4.49. The van der Waals surface area contributed by atoms with Gasteiger partial charge in [-0.3, -0.25) is 0 Å². The number of carbonyl (C=O) groups is 1. The number of rotatable bonds is 6. The Morgan fingerprint density at radius 1 is 1.29 bits per heavy atom. The van der Waals surface area contributed by atoms with Crippen molar-refractivity contribution in [2.24, 2.45) is 11.8 Å². The highest BCUT2D eigenvalue weighted by Crippen LogP contribution is 2.21. The smallest absolute Gasteiger partial charge is 0.315 e. The van der Waals surface area contributed by atoms with E-state index < -0.39 is 0 Å². The molecule has 1 aromatic carbocycles. The van der Waals surface area contributed by atoms with Gasteiger partial charge in [-0.25, -0.2) is 4.79 Å². The van der Waals surface area contributed by atoms with E-state index in [9.17, 15) is 4.79 Å². The molecule has 1 aliphatic rings. The summed E-state index contributed by atoms with van der Waals surface area (Å²) < 4.78 is 5.30. The lowest BCUT2D eigenvalue weighted by Crippen LogP contribution is -2.49. The molecule has 0 unspecified atom stereocenters. The number of nitrogens with one attached hydrogen (secondary N) is 2. The lowest BCUT2D eigenvalue weighted by Gasteiger charge is -2.36. The molecule has 5 nitrogen and oxygen atoms in total. The summed E-state index contributed by atoms with van der Waals surface area (Å²) >= 11 is 0. The van der Waals surface area contributed by atoms with Crippen molar-refractivity contribution < 1.29 is 9.53 Å². The van der Waals surface area contributed by atoms with Gasteiger partial charge in [-0.2, -0.15) is 0 Å². The maximum atomic E-state index is 12.1. The first-order valence-corrected chi connectivity index (χ1v) is 8.86. The molecule has 1 heterocycles. The van der Waals surface area contributed by atoms with Crippen LogP contribution in [0.25, 0.3) is 0 Å². The molecule has 3 atom stereocenters. The molecule has 0 saturated carbocycles. The van der Waals surface area contributed by atoms with Crippen LogP contribution in [0.1, 0.15) is 32.8 Å². The highest BCUT2D eigenvalue weighted by molar-refractivity contribution is 5.74. The van der Waals surface area contributed by atoms with Crippen LogP contribution < -0.4 is 15.4 Å². The zero-order chi connectivity index (χ0) is 17.5. The number of para-hydroxylation sites is 1. The predicted molar refractivity (Wildman–Crippen MR) is 97.2 cm³/mol. The van der Waals surface area contributed by atoms with Crippen molar-refractivity contribution in [2.75, 3.05) is 26.7 Å². The van der Waals surface area contributed by atoms with Gasteiger partial charge >= 0.3 is 6.03 Å². The second kappa shape index (κ2) is 8.92. The van der Waals surface area contributed by atoms with Gasteiger partial charge in [0.15, 0.2) is 0 Å². The number of hydrogen-bond donors (Lipinski definition) is 2. The predicted octanol–water partition coefficient (Wildman–Crippen LogP) is 2.86. The SMILES string of the molecule is COc1ccccc1CNC(=O)N[C@@H](C)CN1C[C@H](C)C[C@H](C)C1. The Kier molecular flexibility index (Phi) is 6.91. The summed E-state index contributed by atoms with van der Waals surface area (Å²) in [6.45, 7) is 10.3. The molecule has 0 spiro atoms. The van der Waals surface area contributed by atoms with Crippen LogP contribution in [0.2, 0.25) is 0 Å². The van der Waals surface area contributed by atoms with E-state index in [1.54, 1.807) is 7.11 Å². The van der Waals surface area contributed by atoms with Crippen molar-refractivity contribution in [2.45, 2.75) is 39.8 Å². The van der Waals surface area contributed by atoms with Crippen molar-refractivity contribution in [3.63, 3.8) is 0 Å². The highest BCUT2D eigenvalue weighted by atomic mass is 16.5. The molecule has 1 aromatic rings. The van der Waals surface area contributed by atoms with E-state index >= 15 is 0 Å². The van der Waals surface area contributed by atoms with Gasteiger partial charge in [0.1, 0.15) is 5.75 Å². The number of amides is 2. The Morgan fingerprint density at radius 2 is 1.96 bits per heavy atom. The second-order valence-corrected chi connectivity index (χ2v) is 7.20. The van der Waals surface area contributed by atoms with Crippen LogP contribution in [-0.2, 0) is 6.54 Å². The molecule has 2 N–H and O–H groups in total. The molecular formula is C19H31N3O2.